The summed E-state index contributed by atoms with van der Waals surface area (Å²) in [6, 6.07) is 8.06. The second-order valence-corrected chi connectivity index (χ2v) is 5.00. The predicted molar refractivity (Wildman–Crippen MR) is 78.0 cm³/mol. The number of nitrogens with zero attached hydrogens (tertiary/aromatic N) is 1. The molecule has 0 saturated heterocycles. The molecule has 0 unspecified atom stereocenters. The van der Waals surface area contributed by atoms with Crippen LogP contribution in [0.2, 0.25) is 0 Å². The van der Waals surface area contributed by atoms with Gasteiger partial charge in [-0.25, -0.2) is 0 Å². The molecule has 18 heavy (non-hydrogen) atoms. The lowest BCUT2D eigenvalue weighted by Gasteiger charge is -2.16. The number of nitrogen functional groups attached to an aromatic ring is 1. The fraction of sp³-hybridized carbons (Fsp3) is 0.571. The monoisotopic (exact) mass is 270 g/mol. The molecule has 0 amide bonds. The molecule has 4 heteroatoms. The molecule has 1 fully saturated rings. The molecule has 0 aliphatic heterocycles. The normalized spacial score (nSPS) is 14.6. The van der Waals surface area contributed by atoms with Gasteiger partial charge in [0, 0.05) is 25.4 Å². The molecule has 0 heterocycles. The molecule has 0 radical (unpaired) electrons. The third-order valence-corrected chi connectivity index (χ3v) is 3.07. The van der Waals surface area contributed by atoms with E-state index in [1.54, 1.807) is 0 Å². The zero-order chi connectivity index (χ0) is 12.1. The van der Waals surface area contributed by atoms with Gasteiger partial charge in [-0.05, 0) is 43.5 Å². The molecule has 2 N–H and O–H groups in total. The Balaban J connectivity index is 0.00000162. The minimum atomic E-state index is 0. The summed E-state index contributed by atoms with van der Waals surface area (Å²) in [6.45, 7) is 3.68. The van der Waals surface area contributed by atoms with Crippen LogP contribution >= 0.6 is 12.4 Å². The van der Waals surface area contributed by atoms with Gasteiger partial charge in [0.25, 0.3) is 0 Å². The van der Waals surface area contributed by atoms with E-state index in [0.717, 1.165) is 37.9 Å². The number of benzene rings is 1. The molecule has 1 aromatic rings. The van der Waals surface area contributed by atoms with Gasteiger partial charge in [0.15, 0.2) is 0 Å². The molecule has 2 rings (SSSR count). The summed E-state index contributed by atoms with van der Waals surface area (Å²) in [5.41, 5.74) is 7.85. The third kappa shape index (κ3) is 5.71. The zero-order valence-electron chi connectivity index (χ0n) is 11.0. The summed E-state index contributed by atoms with van der Waals surface area (Å²) in [6.07, 6.45) is 2.72. The summed E-state index contributed by atoms with van der Waals surface area (Å²) in [5.74, 6) is 0.856. The fourth-order valence-electron chi connectivity index (χ4n) is 1.84. The Morgan fingerprint density at radius 3 is 2.83 bits per heavy atom. The Hall–Kier alpha value is -0.770. The van der Waals surface area contributed by atoms with E-state index in [9.17, 15) is 0 Å². The number of anilines is 1. The first kappa shape index (κ1) is 15.3. The van der Waals surface area contributed by atoms with Crippen LogP contribution in [0.15, 0.2) is 24.3 Å². The predicted octanol–water partition coefficient (Wildman–Crippen LogP) is 2.55. The van der Waals surface area contributed by atoms with Gasteiger partial charge in [-0.1, -0.05) is 12.1 Å². The highest BCUT2D eigenvalue weighted by Crippen LogP contribution is 2.28. The Bertz CT molecular complexity index is 355. The lowest BCUT2D eigenvalue weighted by Crippen LogP contribution is -2.23. The van der Waals surface area contributed by atoms with Crippen molar-refractivity contribution in [3.8, 4) is 0 Å². The highest BCUT2D eigenvalue weighted by atomic mass is 35.5. The van der Waals surface area contributed by atoms with E-state index in [1.165, 1.54) is 18.4 Å². The van der Waals surface area contributed by atoms with E-state index < -0.39 is 0 Å². The molecular formula is C14H23ClN2O. The van der Waals surface area contributed by atoms with Crippen molar-refractivity contribution in [1.82, 2.24) is 4.90 Å². The average molecular weight is 271 g/mol. The molecule has 0 spiro atoms. The summed E-state index contributed by atoms with van der Waals surface area (Å²) in [7, 11) is 2.11. The number of ether oxygens (including phenoxy) is 1. The van der Waals surface area contributed by atoms with Gasteiger partial charge >= 0.3 is 0 Å². The van der Waals surface area contributed by atoms with Crippen LogP contribution in [-0.4, -0.2) is 31.7 Å². The molecule has 3 nitrogen and oxygen atoms in total. The molecule has 0 aromatic heterocycles. The molecule has 0 atom stereocenters. The van der Waals surface area contributed by atoms with E-state index in [4.69, 9.17) is 10.5 Å². The second-order valence-electron chi connectivity index (χ2n) is 5.00. The average Bonchev–Trinajstić information content (AvgIpc) is 3.08. The Labute approximate surface area is 116 Å². The SMILES string of the molecule is CN(CCOCC1CC1)Cc1cccc(N)c1.Cl. The number of rotatable bonds is 7. The van der Waals surface area contributed by atoms with Crippen molar-refractivity contribution in [2.24, 2.45) is 5.92 Å². The standard InChI is InChI=1S/C14H22N2O.ClH/c1-16(7-8-17-11-12-5-6-12)10-13-3-2-4-14(15)9-13;/h2-4,9,12H,5-8,10-11,15H2,1H3;1H. The lowest BCUT2D eigenvalue weighted by molar-refractivity contribution is 0.102. The zero-order valence-corrected chi connectivity index (χ0v) is 11.8. The van der Waals surface area contributed by atoms with Gasteiger partial charge in [-0.2, -0.15) is 0 Å². The van der Waals surface area contributed by atoms with Crippen LogP contribution in [0.3, 0.4) is 0 Å². The molecule has 1 aliphatic carbocycles. The summed E-state index contributed by atoms with van der Waals surface area (Å²) in [5, 5.41) is 0. The van der Waals surface area contributed by atoms with Crippen LogP contribution in [0, 0.1) is 5.92 Å². The van der Waals surface area contributed by atoms with Gasteiger partial charge in [0.2, 0.25) is 0 Å². The van der Waals surface area contributed by atoms with Crippen LogP contribution in [0.5, 0.6) is 0 Å². The van der Waals surface area contributed by atoms with E-state index in [-0.39, 0.29) is 12.4 Å². The smallest absolute Gasteiger partial charge is 0.0593 e. The van der Waals surface area contributed by atoms with Crippen LogP contribution < -0.4 is 5.73 Å². The minimum absolute atomic E-state index is 0. The van der Waals surface area contributed by atoms with Crippen molar-refractivity contribution in [1.29, 1.82) is 0 Å². The quantitative estimate of drug-likeness (QED) is 0.611. The van der Waals surface area contributed by atoms with E-state index in [2.05, 4.69) is 18.0 Å². The number of halogens is 1. The van der Waals surface area contributed by atoms with Crippen molar-refractivity contribution < 1.29 is 4.74 Å². The van der Waals surface area contributed by atoms with Gasteiger partial charge in [-0.15, -0.1) is 12.4 Å². The van der Waals surface area contributed by atoms with Crippen molar-refractivity contribution in [2.75, 3.05) is 32.5 Å². The maximum atomic E-state index is 5.75. The highest BCUT2D eigenvalue weighted by Gasteiger charge is 2.20. The largest absolute Gasteiger partial charge is 0.399 e. The second kappa shape index (κ2) is 7.62. The maximum absolute atomic E-state index is 5.75. The minimum Gasteiger partial charge on any atom is -0.399 e. The van der Waals surface area contributed by atoms with Crippen molar-refractivity contribution in [3.05, 3.63) is 29.8 Å². The summed E-state index contributed by atoms with van der Waals surface area (Å²) < 4.78 is 5.62. The van der Waals surface area contributed by atoms with Crippen LogP contribution in [-0.2, 0) is 11.3 Å². The topological polar surface area (TPSA) is 38.5 Å². The maximum Gasteiger partial charge on any atom is 0.0593 e. The number of nitrogens with two attached hydrogens (primary N) is 1. The van der Waals surface area contributed by atoms with Crippen LogP contribution in [0.1, 0.15) is 18.4 Å². The molecule has 1 aliphatic rings. The highest BCUT2D eigenvalue weighted by molar-refractivity contribution is 5.85. The van der Waals surface area contributed by atoms with E-state index >= 15 is 0 Å². The molecule has 1 saturated carbocycles. The number of hydrogen-bond donors (Lipinski definition) is 1. The molecular weight excluding hydrogens is 248 g/mol. The van der Waals surface area contributed by atoms with Gasteiger partial charge in [0.05, 0.1) is 6.61 Å². The van der Waals surface area contributed by atoms with Crippen molar-refractivity contribution in [2.45, 2.75) is 19.4 Å². The summed E-state index contributed by atoms with van der Waals surface area (Å²) >= 11 is 0. The third-order valence-electron chi connectivity index (χ3n) is 3.07. The van der Waals surface area contributed by atoms with E-state index in [1.807, 2.05) is 18.2 Å². The van der Waals surface area contributed by atoms with Gasteiger partial charge in [0.1, 0.15) is 0 Å². The molecule has 102 valence electrons. The van der Waals surface area contributed by atoms with E-state index in [0.29, 0.717) is 0 Å². The van der Waals surface area contributed by atoms with Gasteiger partial charge < -0.3 is 10.5 Å². The van der Waals surface area contributed by atoms with Gasteiger partial charge in [-0.3, -0.25) is 4.90 Å². The number of likely N-dealkylation sites (N-methyl/N-ethyl adjacent to an activating group) is 1. The molecule has 0 bridgehead atoms. The first-order chi connectivity index (χ1) is 8.24. The Morgan fingerprint density at radius 1 is 1.39 bits per heavy atom. The molecule has 1 aromatic carbocycles. The lowest BCUT2D eigenvalue weighted by atomic mass is 10.2. The number of hydrogen-bond acceptors (Lipinski definition) is 3. The fourth-order valence-corrected chi connectivity index (χ4v) is 1.84. The Morgan fingerprint density at radius 2 is 2.17 bits per heavy atom. The first-order valence-electron chi connectivity index (χ1n) is 6.35. The first-order valence-corrected chi connectivity index (χ1v) is 6.35. The van der Waals surface area contributed by atoms with Crippen LogP contribution in [0.25, 0.3) is 0 Å². The Kier molecular flexibility index (Phi) is 6.47. The summed E-state index contributed by atoms with van der Waals surface area (Å²) in [4.78, 5) is 2.27. The van der Waals surface area contributed by atoms with Crippen molar-refractivity contribution in [3.63, 3.8) is 0 Å². The van der Waals surface area contributed by atoms with Crippen LogP contribution in [0.4, 0.5) is 5.69 Å². The van der Waals surface area contributed by atoms with Crippen molar-refractivity contribution >= 4 is 18.1 Å².